The molecule has 6 heteroatoms. The zero-order chi connectivity index (χ0) is 27.8. The lowest BCUT2D eigenvalue weighted by Gasteiger charge is -2.37. The van der Waals surface area contributed by atoms with Crippen LogP contribution in [0.1, 0.15) is 72.8 Å². The second-order valence-corrected chi connectivity index (χ2v) is 12.5. The van der Waals surface area contributed by atoms with Gasteiger partial charge in [0.2, 0.25) is 0 Å². The van der Waals surface area contributed by atoms with Crippen LogP contribution in [0.3, 0.4) is 0 Å². The maximum atomic E-state index is 14.7. The molecule has 2 aliphatic heterocycles. The third-order valence-corrected chi connectivity index (χ3v) is 9.88. The van der Waals surface area contributed by atoms with E-state index in [9.17, 15) is 14.4 Å². The number of thiophene rings is 1. The summed E-state index contributed by atoms with van der Waals surface area (Å²) >= 11 is 7.75. The van der Waals surface area contributed by atoms with Gasteiger partial charge in [0.25, 0.3) is 0 Å². The van der Waals surface area contributed by atoms with Crippen molar-refractivity contribution in [3.8, 4) is 0 Å². The quantitative estimate of drug-likeness (QED) is 0.187. The van der Waals surface area contributed by atoms with Crippen LogP contribution in [0.15, 0.2) is 90.3 Å². The van der Waals surface area contributed by atoms with Gasteiger partial charge in [-0.05, 0) is 52.3 Å². The Morgan fingerprint density at radius 3 is 2.25 bits per heavy atom. The largest absolute Gasteiger partial charge is 0.352 e. The average molecular weight is 564 g/mol. The topological polar surface area (TPSA) is 54.5 Å². The number of nitrogens with zero attached hydrogens (tertiary/aromatic N) is 1. The summed E-state index contributed by atoms with van der Waals surface area (Å²) in [6.45, 7) is 4.26. The number of ketones is 3. The number of Topliss-reactive ketones (excluding diaryl/α,β-unsaturated/α-hetero) is 3. The molecule has 3 aromatic carbocycles. The Hall–Kier alpha value is -3.80. The molecular weight excluding hydrogens is 538 g/mol. The van der Waals surface area contributed by atoms with Gasteiger partial charge in [0, 0.05) is 27.8 Å². The van der Waals surface area contributed by atoms with E-state index in [1.54, 1.807) is 30.3 Å². The highest BCUT2D eigenvalue weighted by Gasteiger charge is 2.71. The van der Waals surface area contributed by atoms with E-state index in [1.165, 1.54) is 11.3 Å². The number of hydrogen-bond donors (Lipinski definition) is 0. The number of fused-ring (bicyclic) bond motifs is 5. The van der Waals surface area contributed by atoms with Crippen LogP contribution in [-0.4, -0.2) is 29.4 Å². The first-order chi connectivity index (χ1) is 19.3. The molecular formula is C34H26ClNO3S. The maximum absolute atomic E-state index is 14.7. The monoisotopic (exact) mass is 563 g/mol. The molecule has 0 saturated carbocycles. The van der Waals surface area contributed by atoms with Crippen molar-refractivity contribution in [2.24, 2.45) is 5.41 Å². The van der Waals surface area contributed by atoms with Gasteiger partial charge in [-0.15, -0.1) is 11.3 Å². The number of anilines is 1. The van der Waals surface area contributed by atoms with Crippen molar-refractivity contribution in [2.75, 3.05) is 4.90 Å². The molecule has 1 spiro atoms. The first-order valence-electron chi connectivity index (χ1n) is 13.5. The third kappa shape index (κ3) is 3.34. The van der Waals surface area contributed by atoms with Gasteiger partial charge in [-0.2, -0.15) is 0 Å². The van der Waals surface area contributed by atoms with Crippen LogP contribution in [0.5, 0.6) is 0 Å². The minimum atomic E-state index is -1.49. The second-order valence-electron chi connectivity index (χ2n) is 11.1. The summed E-state index contributed by atoms with van der Waals surface area (Å²) in [6.07, 6.45) is 3.86. The summed E-state index contributed by atoms with van der Waals surface area (Å²) in [7, 11) is 0. The predicted octanol–water partition coefficient (Wildman–Crippen LogP) is 7.84. The Morgan fingerprint density at radius 2 is 1.62 bits per heavy atom. The fourth-order valence-electron chi connectivity index (χ4n) is 6.97. The molecule has 0 amide bonds. The Labute approximate surface area is 241 Å². The third-order valence-electron chi connectivity index (χ3n) is 8.76. The standard InChI is InChI=1S/C34H26ClNO3S/c1-19(2)20-9-11-21(12-10-20)29-30(31(37)27-8-5-17-40-27)36-26-15-14-23(35)18-22(26)13-16-28(36)34(29)32(38)24-6-3-4-7-25(24)33(34)39/h3-19,28-30H,1-2H3/t28-,29+,30-/m0/s1. The van der Waals surface area contributed by atoms with Crippen LogP contribution < -0.4 is 4.90 Å². The van der Waals surface area contributed by atoms with Gasteiger partial charge in [0.15, 0.2) is 17.3 Å². The average Bonchev–Trinajstić information content (AvgIpc) is 3.66. The van der Waals surface area contributed by atoms with Crippen molar-refractivity contribution < 1.29 is 14.4 Å². The van der Waals surface area contributed by atoms with Crippen LogP contribution in [0.4, 0.5) is 5.69 Å². The molecule has 0 bridgehead atoms. The van der Waals surface area contributed by atoms with Crippen molar-refractivity contribution in [1.82, 2.24) is 0 Å². The molecule has 3 heterocycles. The van der Waals surface area contributed by atoms with Crippen molar-refractivity contribution in [2.45, 2.75) is 37.8 Å². The SMILES string of the molecule is CC(C)c1ccc([C@@H]2[C@@H](C(=O)c3cccs3)N3c4ccc(Cl)cc4C=C[C@H]3C23C(=O)c2ccccc2C3=O)cc1. The fraction of sp³-hybridized carbons (Fsp3) is 0.206. The van der Waals surface area contributed by atoms with E-state index in [-0.39, 0.29) is 17.3 Å². The van der Waals surface area contributed by atoms with E-state index in [4.69, 9.17) is 11.6 Å². The smallest absolute Gasteiger partial charge is 0.195 e. The summed E-state index contributed by atoms with van der Waals surface area (Å²) in [5.74, 6) is -0.913. The van der Waals surface area contributed by atoms with E-state index in [0.717, 1.165) is 22.4 Å². The van der Waals surface area contributed by atoms with Crippen molar-refractivity contribution in [3.05, 3.63) is 128 Å². The van der Waals surface area contributed by atoms with Gasteiger partial charge in [-0.3, -0.25) is 14.4 Å². The van der Waals surface area contributed by atoms with E-state index in [2.05, 4.69) is 26.0 Å². The molecule has 1 fully saturated rings. The minimum absolute atomic E-state index is 0.0948. The lowest BCUT2D eigenvalue weighted by Crippen LogP contribution is -2.48. The molecule has 3 atom stereocenters. The van der Waals surface area contributed by atoms with E-state index < -0.39 is 23.4 Å². The van der Waals surface area contributed by atoms with Gasteiger partial charge in [0.1, 0.15) is 11.5 Å². The van der Waals surface area contributed by atoms with Crippen molar-refractivity contribution in [1.29, 1.82) is 0 Å². The van der Waals surface area contributed by atoms with Gasteiger partial charge in [-0.1, -0.05) is 92.2 Å². The fourth-order valence-corrected chi connectivity index (χ4v) is 7.85. The molecule has 0 radical (unpaired) electrons. The Kier molecular flexibility index (Phi) is 5.74. The lowest BCUT2D eigenvalue weighted by atomic mass is 9.64. The molecule has 4 aromatic rings. The predicted molar refractivity (Wildman–Crippen MR) is 160 cm³/mol. The number of rotatable bonds is 4. The second kappa shape index (κ2) is 9.12. The van der Waals surface area contributed by atoms with Gasteiger partial charge >= 0.3 is 0 Å². The zero-order valence-corrected chi connectivity index (χ0v) is 23.6. The van der Waals surface area contributed by atoms with E-state index in [0.29, 0.717) is 26.9 Å². The molecule has 198 valence electrons. The summed E-state index contributed by atoms with van der Waals surface area (Å²) in [6, 6.07) is 23.0. The molecule has 40 heavy (non-hydrogen) atoms. The minimum Gasteiger partial charge on any atom is -0.352 e. The highest BCUT2D eigenvalue weighted by molar-refractivity contribution is 7.12. The summed E-state index contributed by atoms with van der Waals surface area (Å²) in [5, 5.41) is 2.46. The molecule has 4 nitrogen and oxygen atoms in total. The maximum Gasteiger partial charge on any atom is 0.195 e. The Balaban J connectivity index is 1.54. The van der Waals surface area contributed by atoms with Gasteiger partial charge in [0.05, 0.1) is 10.9 Å². The number of benzene rings is 3. The summed E-state index contributed by atoms with van der Waals surface area (Å²) in [4.78, 5) is 46.5. The molecule has 3 aliphatic rings. The van der Waals surface area contributed by atoms with Crippen LogP contribution in [0.25, 0.3) is 6.08 Å². The number of hydrogen-bond acceptors (Lipinski definition) is 5. The van der Waals surface area contributed by atoms with Crippen LogP contribution in [0, 0.1) is 5.41 Å². The summed E-state index contributed by atoms with van der Waals surface area (Å²) < 4.78 is 0. The van der Waals surface area contributed by atoms with E-state index >= 15 is 0 Å². The van der Waals surface area contributed by atoms with Crippen molar-refractivity contribution in [3.63, 3.8) is 0 Å². The first-order valence-corrected chi connectivity index (χ1v) is 14.7. The molecule has 0 N–H and O–H groups in total. The first kappa shape index (κ1) is 25.2. The molecule has 1 saturated heterocycles. The lowest BCUT2D eigenvalue weighted by molar-refractivity contribution is 0.0666. The highest BCUT2D eigenvalue weighted by Crippen LogP contribution is 2.61. The van der Waals surface area contributed by atoms with Gasteiger partial charge in [-0.25, -0.2) is 0 Å². The van der Waals surface area contributed by atoms with E-state index in [1.807, 2.05) is 58.8 Å². The number of carbonyl (C=O) groups excluding carboxylic acids is 3. The molecule has 1 aromatic heterocycles. The molecule has 0 unspecified atom stereocenters. The number of carbonyl (C=O) groups is 3. The van der Waals surface area contributed by atoms with Crippen LogP contribution in [0.2, 0.25) is 5.02 Å². The Morgan fingerprint density at radius 1 is 0.925 bits per heavy atom. The van der Waals surface area contributed by atoms with Gasteiger partial charge < -0.3 is 4.90 Å². The summed E-state index contributed by atoms with van der Waals surface area (Å²) in [5.41, 5.74) is 2.98. The normalized spacial score (nSPS) is 22.1. The number of halogens is 1. The van der Waals surface area contributed by atoms with Crippen LogP contribution in [-0.2, 0) is 0 Å². The zero-order valence-electron chi connectivity index (χ0n) is 22.0. The van der Waals surface area contributed by atoms with Crippen LogP contribution >= 0.6 is 22.9 Å². The Bertz CT molecular complexity index is 1690. The molecule has 1 aliphatic carbocycles. The highest BCUT2D eigenvalue weighted by atomic mass is 35.5. The molecule has 7 rings (SSSR count). The van der Waals surface area contributed by atoms with Crippen molar-refractivity contribution >= 4 is 52.1 Å².